The molecule has 0 aromatic heterocycles. The van der Waals surface area contributed by atoms with E-state index < -0.39 is 33.3 Å². The minimum Gasteiger partial charge on any atom is -0.208 e. The number of sulfonamides is 1. The SMILES string of the molecule is C=CS(=O)(=O)N1CC2C(CC1(C)C)C2(F)F. The van der Waals surface area contributed by atoms with Crippen LogP contribution >= 0.6 is 0 Å². The van der Waals surface area contributed by atoms with Gasteiger partial charge in [0.2, 0.25) is 10.0 Å². The first-order valence-electron chi connectivity index (χ1n) is 5.16. The van der Waals surface area contributed by atoms with Gasteiger partial charge in [-0.25, -0.2) is 17.2 Å². The molecule has 0 radical (unpaired) electrons. The second-order valence-corrected chi connectivity index (χ2v) is 6.95. The Labute approximate surface area is 94.2 Å². The summed E-state index contributed by atoms with van der Waals surface area (Å²) in [6, 6.07) is 0. The van der Waals surface area contributed by atoms with Crippen molar-refractivity contribution in [2.24, 2.45) is 11.8 Å². The zero-order valence-corrected chi connectivity index (χ0v) is 10.1. The summed E-state index contributed by atoms with van der Waals surface area (Å²) in [5, 5.41) is 0.829. The van der Waals surface area contributed by atoms with Gasteiger partial charge in [0.1, 0.15) is 0 Å². The largest absolute Gasteiger partial charge is 0.256 e. The van der Waals surface area contributed by atoms with E-state index in [1.54, 1.807) is 13.8 Å². The van der Waals surface area contributed by atoms with Crippen LogP contribution in [0.2, 0.25) is 0 Å². The average molecular weight is 251 g/mol. The van der Waals surface area contributed by atoms with Gasteiger partial charge in [-0.2, -0.15) is 4.31 Å². The molecule has 0 spiro atoms. The van der Waals surface area contributed by atoms with Gasteiger partial charge in [-0.1, -0.05) is 6.58 Å². The highest BCUT2D eigenvalue weighted by Gasteiger charge is 2.72. The van der Waals surface area contributed by atoms with Gasteiger partial charge in [0, 0.05) is 29.3 Å². The van der Waals surface area contributed by atoms with Gasteiger partial charge in [0.15, 0.2) is 0 Å². The van der Waals surface area contributed by atoms with Crippen molar-refractivity contribution in [3.8, 4) is 0 Å². The van der Waals surface area contributed by atoms with Crippen molar-refractivity contribution in [1.29, 1.82) is 0 Å². The maximum absolute atomic E-state index is 13.3. The molecule has 0 bridgehead atoms. The molecule has 6 heteroatoms. The Hall–Kier alpha value is -0.490. The number of rotatable bonds is 2. The van der Waals surface area contributed by atoms with Gasteiger partial charge < -0.3 is 0 Å². The van der Waals surface area contributed by atoms with Crippen molar-refractivity contribution in [2.45, 2.75) is 31.7 Å². The molecule has 1 saturated carbocycles. The third-order valence-electron chi connectivity index (χ3n) is 3.64. The maximum Gasteiger partial charge on any atom is 0.256 e. The van der Waals surface area contributed by atoms with Crippen LogP contribution in [0.1, 0.15) is 20.3 Å². The van der Waals surface area contributed by atoms with Crippen LogP contribution in [-0.2, 0) is 10.0 Å². The van der Waals surface area contributed by atoms with E-state index in [4.69, 9.17) is 0 Å². The number of piperidine rings is 1. The predicted molar refractivity (Wildman–Crippen MR) is 56.4 cm³/mol. The minimum atomic E-state index is -3.62. The zero-order valence-electron chi connectivity index (χ0n) is 9.28. The van der Waals surface area contributed by atoms with Crippen LogP contribution in [-0.4, -0.2) is 30.7 Å². The Bertz CT molecular complexity index is 430. The standard InChI is InChI=1S/C10H15F2NO2S/c1-4-16(14,15)13-6-8-7(10(8,11)12)5-9(13,2)3/h4,7-8H,1,5-6H2,2-3H3. The minimum absolute atomic E-state index is 0.0982. The smallest absolute Gasteiger partial charge is 0.208 e. The molecule has 1 aliphatic carbocycles. The molecule has 0 aromatic carbocycles. The monoisotopic (exact) mass is 251 g/mol. The van der Waals surface area contributed by atoms with Crippen LogP contribution in [0.5, 0.6) is 0 Å². The number of fused-ring (bicyclic) bond motifs is 1. The van der Waals surface area contributed by atoms with E-state index in [9.17, 15) is 17.2 Å². The first-order valence-corrected chi connectivity index (χ1v) is 6.66. The summed E-state index contributed by atoms with van der Waals surface area (Å²) in [5.74, 6) is -4.16. The van der Waals surface area contributed by atoms with Crippen molar-refractivity contribution in [3.63, 3.8) is 0 Å². The quantitative estimate of drug-likeness (QED) is 0.750. The van der Waals surface area contributed by atoms with E-state index in [0.717, 1.165) is 9.71 Å². The number of nitrogens with zero attached hydrogens (tertiary/aromatic N) is 1. The molecule has 1 aliphatic heterocycles. The molecule has 3 nitrogen and oxygen atoms in total. The number of hydrogen-bond donors (Lipinski definition) is 0. The van der Waals surface area contributed by atoms with Gasteiger partial charge in [0.25, 0.3) is 5.92 Å². The highest BCUT2D eigenvalue weighted by Crippen LogP contribution is 2.62. The molecular weight excluding hydrogens is 236 g/mol. The molecule has 1 saturated heterocycles. The van der Waals surface area contributed by atoms with Crippen LogP contribution in [0.4, 0.5) is 8.78 Å². The summed E-state index contributed by atoms with van der Waals surface area (Å²) in [6.45, 7) is 6.49. The molecule has 92 valence electrons. The average Bonchev–Trinajstić information content (AvgIpc) is 2.64. The molecule has 2 rings (SSSR count). The Morgan fingerprint density at radius 1 is 1.38 bits per heavy atom. The van der Waals surface area contributed by atoms with Crippen LogP contribution in [0.25, 0.3) is 0 Å². The number of alkyl halides is 2. The molecule has 2 unspecified atom stereocenters. The summed E-state index contributed by atoms with van der Waals surface area (Å²) in [5.41, 5.74) is -0.756. The third kappa shape index (κ3) is 1.50. The summed E-state index contributed by atoms with van der Waals surface area (Å²) in [4.78, 5) is 0. The van der Waals surface area contributed by atoms with Crippen LogP contribution in [0.15, 0.2) is 12.0 Å². The summed E-state index contributed by atoms with van der Waals surface area (Å²) >= 11 is 0. The van der Waals surface area contributed by atoms with Crippen LogP contribution < -0.4 is 0 Å². The topological polar surface area (TPSA) is 37.4 Å². The van der Waals surface area contributed by atoms with E-state index in [1.807, 2.05) is 0 Å². The lowest BCUT2D eigenvalue weighted by molar-refractivity contribution is 0.0855. The molecule has 1 heterocycles. The Morgan fingerprint density at radius 3 is 2.44 bits per heavy atom. The van der Waals surface area contributed by atoms with E-state index >= 15 is 0 Å². The lowest BCUT2D eigenvalue weighted by Gasteiger charge is -2.39. The first-order chi connectivity index (χ1) is 7.13. The van der Waals surface area contributed by atoms with Gasteiger partial charge in [-0.05, 0) is 20.3 Å². The zero-order chi connectivity index (χ0) is 12.4. The highest BCUT2D eigenvalue weighted by atomic mass is 32.2. The maximum atomic E-state index is 13.3. The van der Waals surface area contributed by atoms with Crippen molar-refractivity contribution < 1.29 is 17.2 Å². The summed E-state index contributed by atoms with van der Waals surface area (Å²) in [7, 11) is -3.62. The van der Waals surface area contributed by atoms with E-state index in [-0.39, 0.29) is 13.0 Å². The Balaban J connectivity index is 2.31. The lowest BCUT2D eigenvalue weighted by Crippen LogP contribution is -2.50. The molecule has 0 N–H and O–H groups in total. The Morgan fingerprint density at radius 2 is 1.94 bits per heavy atom. The van der Waals surface area contributed by atoms with Gasteiger partial charge >= 0.3 is 0 Å². The fourth-order valence-electron chi connectivity index (χ4n) is 2.59. The van der Waals surface area contributed by atoms with Crippen molar-refractivity contribution in [2.75, 3.05) is 6.54 Å². The molecule has 2 aliphatic rings. The second-order valence-electron chi connectivity index (χ2n) is 5.15. The number of halogens is 2. The van der Waals surface area contributed by atoms with Gasteiger partial charge in [0.05, 0.1) is 0 Å². The molecule has 0 amide bonds. The fraction of sp³-hybridized carbons (Fsp3) is 0.800. The van der Waals surface area contributed by atoms with E-state index in [2.05, 4.69) is 6.58 Å². The molecule has 16 heavy (non-hydrogen) atoms. The summed E-state index contributed by atoms with van der Waals surface area (Å²) in [6.07, 6.45) is 0.206. The Kier molecular flexibility index (Phi) is 2.28. The predicted octanol–water partition coefficient (Wildman–Crippen LogP) is 1.83. The lowest BCUT2D eigenvalue weighted by atomic mass is 9.93. The molecule has 2 fully saturated rings. The third-order valence-corrected chi connectivity index (χ3v) is 5.32. The second kappa shape index (κ2) is 3.04. The molecule has 2 atom stereocenters. The highest BCUT2D eigenvalue weighted by molar-refractivity contribution is 7.92. The van der Waals surface area contributed by atoms with Crippen molar-refractivity contribution >= 4 is 10.0 Å². The van der Waals surface area contributed by atoms with Gasteiger partial charge in [-0.3, -0.25) is 0 Å². The number of hydrogen-bond acceptors (Lipinski definition) is 2. The van der Waals surface area contributed by atoms with E-state index in [1.165, 1.54) is 0 Å². The molecule has 0 aromatic rings. The van der Waals surface area contributed by atoms with E-state index in [0.29, 0.717) is 0 Å². The van der Waals surface area contributed by atoms with Gasteiger partial charge in [-0.15, -0.1) is 0 Å². The normalized spacial score (nSPS) is 36.5. The van der Waals surface area contributed by atoms with Crippen molar-refractivity contribution in [1.82, 2.24) is 4.31 Å². The van der Waals surface area contributed by atoms with Crippen LogP contribution in [0.3, 0.4) is 0 Å². The molecular formula is C10H15F2NO2S. The summed E-state index contributed by atoms with van der Waals surface area (Å²) < 4.78 is 51.1. The fourth-order valence-corrected chi connectivity index (χ4v) is 3.90. The first kappa shape index (κ1) is 12.0. The van der Waals surface area contributed by atoms with Crippen LogP contribution in [0, 0.1) is 11.8 Å². The van der Waals surface area contributed by atoms with Crippen molar-refractivity contribution in [3.05, 3.63) is 12.0 Å².